The van der Waals surface area contributed by atoms with Gasteiger partial charge < -0.3 is 0 Å². The van der Waals surface area contributed by atoms with E-state index in [0.717, 1.165) is 0 Å². The van der Waals surface area contributed by atoms with Gasteiger partial charge in [-0.1, -0.05) is 12.2 Å². The van der Waals surface area contributed by atoms with E-state index in [-0.39, 0.29) is 23.2 Å². The minimum Gasteiger partial charge on any atom is -0.299 e. The first-order valence-corrected chi connectivity index (χ1v) is 5.09. The lowest BCUT2D eigenvalue weighted by molar-refractivity contribution is -0.117. The van der Waals surface area contributed by atoms with Crippen LogP contribution in [0.3, 0.4) is 0 Å². The molecule has 1 aromatic rings. The quantitative estimate of drug-likeness (QED) is 0.774. The zero-order chi connectivity index (χ0) is 12.6. The normalized spacial score (nSPS) is 16.7. The van der Waals surface area contributed by atoms with Gasteiger partial charge >= 0.3 is 0 Å². The van der Waals surface area contributed by atoms with Crippen LogP contribution >= 0.6 is 0 Å². The van der Waals surface area contributed by atoms with Crippen molar-refractivity contribution in [1.82, 2.24) is 9.97 Å². The summed E-state index contributed by atoms with van der Waals surface area (Å²) in [5.74, 6) is -0.860. The molecular weight excluding hydrogens is 222 g/mol. The highest BCUT2D eigenvalue weighted by atomic mass is 16.2. The molecule has 0 radical (unpaired) electrons. The lowest BCUT2D eigenvalue weighted by Gasteiger charge is -2.08. The second-order valence-corrected chi connectivity index (χ2v) is 3.84. The largest absolute Gasteiger partial charge is 0.299 e. The number of hydrogen-bond donors (Lipinski definition) is 2. The molecule has 2 N–H and O–H groups in total. The van der Waals surface area contributed by atoms with Crippen molar-refractivity contribution in [2.75, 3.05) is 5.32 Å². The van der Waals surface area contributed by atoms with Crippen LogP contribution in [-0.2, 0) is 9.59 Å². The van der Waals surface area contributed by atoms with Crippen molar-refractivity contribution in [3.05, 3.63) is 27.7 Å². The van der Waals surface area contributed by atoms with Gasteiger partial charge in [0.25, 0.3) is 5.56 Å². The van der Waals surface area contributed by atoms with Crippen molar-refractivity contribution in [3.63, 3.8) is 0 Å². The van der Waals surface area contributed by atoms with Crippen LogP contribution < -0.4 is 10.9 Å². The van der Waals surface area contributed by atoms with E-state index in [9.17, 15) is 14.4 Å². The number of H-pyrrole nitrogens is 1. The maximum Gasteiger partial charge on any atom is 0.259 e. The van der Waals surface area contributed by atoms with Crippen molar-refractivity contribution in [3.8, 4) is 0 Å². The van der Waals surface area contributed by atoms with Gasteiger partial charge in [-0.3, -0.25) is 24.7 Å². The van der Waals surface area contributed by atoms with E-state index in [1.54, 1.807) is 12.2 Å². The lowest BCUT2D eigenvalue weighted by Crippen LogP contribution is -2.20. The molecule has 0 spiro atoms. The molecule has 6 nitrogen and oxygen atoms in total. The summed E-state index contributed by atoms with van der Waals surface area (Å²) < 4.78 is 0. The maximum absolute atomic E-state index is 11.7. The van der Waals surface area contributed by atoms with Crippen LogP contribution in [0.5, 0.6) is 0 Å². The van der Waals surface area contributed by atoms with Crippen LogP contribution in [0.25, 0.3) is 6.08 Å². The Morgan fingerprint density at radius 3 is 2.71 bits per heavy atom. The summed E-state index contributed by atoms with van der Waals surface area (Å²) >= 11 is 0. The monoisotopic (exact) mass is 233 g/mol. The average Bonchev–Trinajstić information content (AvgIpc) is 2.60. The smallest absolute Gasteiger partial charge is 0.259 e. The number of rotatable bonds is 2. The van der Waals surface area contributed by atoms with Gasteiger partial charge in [-0.25, -0.2) is 4.98 Å². The SMILES string of the molecule is CC(=O)Nc1nc2c(c(=O)[nH]1)C=CC2C(C)=O. The Balaban J connectivity index is 2.50. The molecule has 1 aromatic heterocycles. The predicted molar refractivity (Wildman–Crippen MR) is 61.6 cm³/mol. The molecule has 17 heavy (non-hydrogen) atoms. The number of hydrogen-bond acceptors (Lipinski definition) is 4. The molecule has 0 aromatic carbocycles. The summed E-state index contributed by atoms with van der Waals surface area (Å²) in [4.78, 5) is 40.4. The average molecular weight is 233 g/mol. The van der Waals surface area contributed by atoms with E-state index in [4.69, 9.17) is 0 Å². The third-order valence-electron chi connectivity index (χ3n) is 2.47. The number of carbonyl (C=O) groups excluding carboxylic acids is 2. The Bertz CT molecular complexity index is 586. The summed E-state index contributed by atoms with van der Waals surface area (Å²) in [6, 6.07) is 0. The first-order valence-electron chi connectivity index (χ1n) is 5.09. The number of aromatic nitrogens is 2. The number of carbonyl (C=O) groups is 2. The molecule has 0 saturated heterocycles. The molecule has 1 heterocycles. The molecule has 2 rings (SSSR count). The molecule has 1 unspecified atom stereocenters. The number of Topliss-reactive ketones (excluding diaryl/α,β-unsaturated/α-hetero) is 1. The molecule has 1 aliphatic carbocycles. The third kappa shape index (κ3) is 2.01. The van der Waals surface area contributed by atoms with Gasteiger partial charge in [-0.2, -0.15) is 0 Å². The van der Waals surface area contributed by atoms with Crippen molar-refractivity contribution in [2.45, 2.75) is 19.8 Å². The maximum atomic E-state index is 11.7. The predicted octanol–water partition coefficient (Wildman–Crippen LogP) is 0.428. The van der Waals surface area contributed by atoms with Gasteiger partial charge in [0, 0.05) is 6.92 Å². The Hall–Kier alpha value is -2.24. The summed E-state index contributed by atoms with van der Waals surface area (Å²) in [6.45, 7) is 2.75. The van der Waals surface area contributed by atoms with Crippen molar-refractivity contribution >= 4 is 23.7 Å². The number of anilines is 1. The highest BCUT2D eigenvalue weighted by Gasteiger charge is 2.25. The van der Waals surface area contributed by atoms with Gasteiger partial charge in [-0.05, 0) is 6.92 Å². The molecule has 0 aliphatic heterocycles. The number of amides is 1. The summed E-state index contributed by atoms with van der Waals surface area (Å²) in [5.41, 5.74) is 0.406. The molecule has 1 amide bonds. The van der Waals surface area contributed by atoms with E-state index in [0.29, 0.717) is 11.3 Å². The molecule has 1 atom stereocenters. The molecule has 0 fully saturated rings. The van der Waals surface area contributed by atoms with E-state index < -0.39 is 5.92 Å². The Kier molecular flexibility index (Phi) is 2.63. The minimum absolute atomic E-state index is 0.0659. The zero-order valence-corrected chi connectivity index (χ0v) is 9.40. The van der Waals surface area contributed by atoms with Crippen LogP contribution in [0, 0.1) is 0 Å². The van der Waals surface area contributed by atoms with Crippen molar-refractivity contribution in [1.29, 1.82) is 0 Å². The zero-order valence-electron chi connectivity index (χ0n) is 9.40. The van der Waals surface area contributed by atoms with Gasteiger partial charge in [0.15, 0.2) is 0 Å². The fraction of sp³-hybridized carbons (Fsp3) is 0.273. The van der Waals surface area contributed by atoms with E-state index in [1.165, 1.54) is 13.8 Å². The summed E-state index contributed by atoms with van der Waals surface area (Å²) in [5, 5.41) is 2.39. The highest BCUT2D eigenvalue weighted by molar-refractivity contribution is 5.90. The fourth-order valence-corrected chi connectivity index (χ4v) is 1.74. The van der Waals surface area contributed by atoms with E-state index >= 15 is 0 Å². The van der Waals surface area contributed by atoms with E-state index in [2.05, 4.69) is 15.3 Å². The first-order chi connectivity index (χ1) is 7.99. The molecular formula is C11H11N3O3. The number of fused-ring (bicyclic) bond motifs is 1. The standard InChI is InChI=1S/C11H11N3O3/c1-5(15)7-3-4-8-9(7)13-11(12-6(2)16)14-10(8)17/h3-4,7H,1-2H3,(H2,12,13,14,16,17). The fourth-order valence-electron chi connectivity index (χ4n) is 1.74. The second-order valence-electron chi connectivity index (χ2n) is 3.84. The first kappa shape index (κ1) is 11.3. The highest BCUT2D eigenvalue weighted by Crippen LogP contribution is 2.27. The Morgan fingerprint density at radius 1 is 1.41 bits per heavy atom. The number of aromatic amines is 1. The van der Waals surface area contributed by atoms with Crippen molar-refractivity contribution in [2.24, 2.45) is 0 Å². The molecule has 0 bridgehead atoms. The molecule has 0 saturated carbocycles. The van der Waals surface area contributed by atoms with Gasteiger partial charge in [0.1, 0.15) is 5.78 Å². The van der Waals surface area contributed by atoms with Crippen LogP contribution in [-0.4, -0.2) is 21.7 Å². The number of nitrogens with one attached hydrogen (secondary N) is 2. The minimum atomic E-state index is -0.500. The number of allylic oxidation sites excluding steroid dienone is 1. The number of nitrogens with zero attached hydrogens (tertiary/aromatic N) is 1. The third-order valence-corrected chi connectivity index (χ3v) is 2.47. The Labute approximate surface area is 96.8 Å². The molecule has 88 valence electrons. The number of ketones is 1. The van der Waals surface area contributed by atoms with Crippen LogP contribution in [0.15, 0.2) is 10.9 Å². The summed E-state index contributed by atoms with van der Waals surface area (Å²) in [6.07, 6.45) is 3.21. The molecule has 1 aliphatic rings. The van der Waals surface area contributed by atoms with E-state index in [1.807, 2.05) is 0 Å². The Morgan fingerprint density at radius 2 is 2.12 bits per heavy atom. The topological polar surface area (TPSA) is 91.9 Å². The van der Waals surface area contributed by atoms with Gasteiger partial charge in [0.05, 0.1) is 17.2 Å². The molecule has 6 heteroatoms. The van der Waals surface area contributed by atoms with Gasteiger partial charge in [-0.15, -0.1) is 0 Å². The van der Waals surface area contributed by atoms with Crippen LogP contribution in [0.1, 0.15) is 31.0 Å². The van der Waals surface area contributed by atoms with Crippen LogP contribution in [0.2, 0.25) is 0 Å². The summed E-state index contributed by atoms with van der Waals surface area (Å²) in [7, 11) is 0. The van der Waals surface area contributed by atoms with Gasteiger partial charge in [0.2, 0.25) is 11.9 Å². The second kappa shape index (κ2) is 3.97. The van der Waals surface area contributed by atoms with Crippen molar-refractivity contribution < 1.29 is 9.59 Å². The van der Waals surface area contributed by atoms with Crippen LogP contribution in [0.4, 0.5) is 5.95 Å². The lowest BCUT2D eigenvalue weighted by atomic mass is 10.0.